The second-order valence-corrected chi connectivity index (χ2v) is 5.36. The van der Waals surface area contributed by atoms with Gasteiger partial charge in [0.15, 0.2) is 0 Å². The molecular formula is C14H17Cl2N3. The van der Waals surface area contributed by atoms with Crippen molar-refractivity contribution >= 4 is 23.2 Å². The van der Waals surface area contributed by atoms with Gasteiger partial charge >= 0.3 is 0 Å². The Labute approximate surface area is 123 Å². The van der Waals surface area contributed by atoms with Gasteiger partial charge in [-0.2, -0.15) is 5.10 Å². The van der Waals surface area contributed by atoms with Crippen LogP contribution in [0.3, 0.4) is 0 Å². The first-order valence-electron chi connectivity index (χ1n) is 6.32. The minimum atomic E-state index is -0.150. The Hall–Kier alpha value is -1.03. The van der Waals surface area contributed by atoms with Gasteiger partial charge in [-0.25, -0.2) is 0 Å². The van der Waals surface area contributed by atoms with E-state index >= 15 is 0 Å². The molecule has 1 unspecified atom stereocenters. The number of rotatable bonds is 5. The van der Waals surface area contributed by atoms with Crippen LogP contribution in [0, 0.1) is 0 Å². The predicted octanol–water partition coefficient (Wildman–Crippen LogP) is 3.84. The van der Waals surface area contributed by atoms with E-state index in [0.29, 0.717) is 16.5 Å². The minimum absolute atomic E-state index is 0.150. The summed E-state index contributed by atoms with van der Waals surface area (Å²) >= 11 is 12.3. The van der Waals surface area contributed by atoms with E-state index in [0.717, 1.165) is 24.1 Å². The summed E-state index contributed by atoms with van der Waals surface area (Å²) in [4.78, 5) is 0. The van der Waals surface area contributed by atoms with E-state index in [4.69, 9.17) is 28.9 Å². The highest BCUT2D eigenvalue weighted by Crippen LogP contribution is 2.28. The lowest BCUT2D eigenvalue weighted by Gasteiger charge is -2.12. The Morgan fingerprint density at radius 3 is 2.63 bits per heavy atom. The summed E-state index contributed by atoms with van der Waals surface area (Å²) in [5.74, 6) is 0. The van der Waals surface area contributed by atoms with Crippen molar-refractivity contribution < 1.29 is 0 Å². The van der Waals surface area contributed by atoms with E-state index in [1.54, 1.807) is 0 Å². The maximum Gasteiger partial charge on any atom is 0.0537 e. The number of halogens is 2. The Morgan fingerprint density at radius 1 is 1.32 bits per heavy atom. The van der Waals surface area contributed by atoms with Crippen LogP contribution < -0.4 is 5.73 Å². The lowest BCUT2D eigenvalue weighted by molar-refractivity contribution is 0.601. The molecule has 1 heterocycles. The second kappa shape index (κ2) is 6.42. The Balaban J connectivity index is 2.13. The van der Waals surface area contributed by atoms with Crippen LogP contribution in [0.2, 0.25) is 10.0 Å². The number of benzene rings is 1. The van der Waals surface area contributed by atoms with Gasteiger partial charge in [0.2, 0.25) is 0 Å². The number of aromatic nitrogens is 2. The van der Waals surface area contributed by atoms with Gasteiger partial charge in [-0.3, -0.25) is 4.68 Å². The molecule has 19 heavy (non-hydrogen) atoms. The Bertz CT molecular complexity index is 531. The van der Waals surface area contributed by atoms with E-state index in [1.165, 1.54) is 0 Å². The summed E-state index contributed by atoms with van der Waals surface area (Å²) in [5, 5.41) is 5.60. The predicted molar refractivity (Wildman–Crippen MR) is 79.6 cm³/mol. The first kappa shape index (κ1) is 14.4. The van der Waals surface area contributed by atoms with E-state index in [1.807, 2.05) is 35.3 Å². The average molecular weight is 298 g/mol. The molecule has 2 N–H and O–H groups in total. The van der Waals surface area contributed by atoms with Gasteiger partial charge in [0, 0.05) is 34.4 Å². The average Bonchev–Trinajstić information content (AvgIpc) is 2.83. The molecule has 102 valence electrons. The summed E-state index contributed by atoms with van der Waals surface area (Å²) in [6.45, 7) is 3.02. The SMILES string of the molecule is CCCn1cc(C(N)Cc2c(Cl)cccc2Cl)cn1. The number of nitrogens with zero attached hydrogens (tertiary/aromatic N) is 2. The molecule has 0 spiro atoms. The molecule has 0 aliphatic rings. The molecule has 1 atom stereocenters. The van der Waals surface area contributed by atoms with Gasteiger partial charge in [-0.15, -0.1) is 0 Å². The van der Waals surface area contributed by atoms with E-state index in [2.05, 4.69) is 12.0 Å². The fourth-order valence-electron chi connectivity index (χ4n) is 1.99. The molecule has 5 heteroatoms. The molecule has 0 saturated heterocycles. The molecule has 2 aromatic rings. The van der Waals surface area contributed by atoms with Crippen molar-refractivity contribution in [3.63, 3.8) is 0 Å². The van der Waals surface area contributed by atoms with Crippen molar-refractivity contribution in [3.05, 3.63) is 51.8 Å². The smallest absolute Gasteiger partial charge is 0.0537 e. The lowest BCUT2D eigenvalue weighted by atomic mass is 10.0. The minimum Gasteiger partial charge on any atom is -0.324 e. The zero-order valence-electron chi connectivity index (χ0n) is 10.8. The van der Waals surface area contributed by atoms with E-state index in [-0.39, 0.29) is 6.04 Å². The number of nitrogens with two attached hydrogens (primary N) is 1. The highest BCUT2D eigenvalue weighted by atomic mass is 35.5. The van der Waals surface area contributed by atoms with Crippen LogP contribution in [0.4, 0.5) is 0 Å². The van der Waals surface area contributed by atoms with Crippen molar-refractivity contribution in [2.24, 2.45) is 5.73 Å². The number of aryl methyl sites for hydroxylation is 1. The van der Waals surface area contributed by atoms with Crippen LogP contribution in [0.25, 0.3) is 0 Å². The zero-order chi connectivity index (χ0) is 13.8. The molecule has 3 nitrogen and oxygen atoms in total. The molecule has 1 aromatic carbocycles. The summed E-state index contributed by atoms with van der Waals surface area (Å²) in [6, 6.07) is 5.34. The van der Waals surface area contributed by atoms with Crippen LogP contribution in [-0.4, -0.2) is 9.78 Å². The van der Waals surface area contributed by atoms with Gasteiger partial charge in [0.25, 0.3) is 0 Å². The third-order valence-corrected chi connectivity index (χ3v) is 3.73. The van der Waals surface area contributed by atoms with Crippen molar-refractivity contribution in [1.82, 2.24) is 9.78 Å². The van der Waals surface area contributed by atoms with Gasteiger partial charge in [-0.05, 0) is 30.5 Å². The van der Waals surface area contributed by atoms with Crippen molar-refractivity contribution in [2.75, 3.05) is 0 Å². The standard InChI is InChI=1S/C14H17Cl2N3/c1-2-6-19-9-10(8-18-19)14(17)7-11-12(15)4-3-5-13(11)16/h3-5,8-9,14H,2,6-7,17H2,1H3. The quantitative estimate of drug-likeness (QED) is 0.911. The highest BCUT2D eigenvalue weighted by Gasteiger charge is 2.14. The monoisotopic (exact) mass is 297 g/mol. The van der Waals surface area contributed by atoms with Crippen LogP contribution in [0.5, 0.6) is 0 Å². The Kier molecular flexibility index (Phi) is 4.86. The van der Waals surface area contributed by atoms with Crippen molar-refractivity contribution in [1.29, 1.82) is 0 Å². The van der Waals surface area contributed by atoms with E-state index in [9.17, 15) is 0 Å². The molecule has 0 aliphatic heterocycles. The summed E-state index contributed by atoms with van der Waals surface area (Å²) < 4.78 is 1.91. The third kappa shape index (κ3) is 3.50. The van der Waals surface area contributed by atoms with Gasteiger partial charge < -0.3 is 5.73 Å². The van der Waals surface area contributed by atoms with Crippen LogP contribution in [-0.2, 0) is 13.0 Å². The first-order valence-corrected chi connectivity index (χ1v) is 7.08. The maximum atomic E-state index is 6.20. The highest BCUT2D eigenvalue weighted by molar-refractivity contribution is 6.36. The first-order chi connectivity index (χ1) is 9.11. The maximum absolute atomic E-state index is 6.20. The second-order valence-electron chi connectivity index (χ2n) is 4.55. The topological polar surface area (TPSA) is 43.8 Å². The largest absolute Gasteiger partial charge is 0.324 e. The summed E-state index contributed by atoms with van der Waals surface area (Å²) in [7, 11) is 0. The molecule has 0 saturated carbocycles. The molecule has 1 aromatic heterocycles. The number of hydrogen-bond acceptors (Lipinski definition) is 2. The molecule has 0 bridgehead atoms. The molecule has 0 radical (unpaired) electrons. The summed E-state index contributed by atoms with van der Waals surface area (Å²) in [5.41, 5.74) is 8.10. The summed E-state index contributed by atoms with van der Waals surface area (Å²) in [6.07, 6.45) is 5.45. The number of hydrogen-bond donors (Lipinski definition) is 1. The molecule has 0 amide bonds. The van der Waals surface area contributed by atoms with Crippen LogP contribution >= 0.6 is 23.2 Å². The molecular weight excluding hydrogens is 281 g/mol. The zero-order valence-corrected chi connectivity index (χ0v) is 12.3. The normalized spacial score (nSPS) is 12.6. The van der Waals surface area contributed by atoms with Crippen molar-refractivity contribution in [3.8, 4) is 0 Å². The van der Waals surface area contributed by atoms with Crippen LogP contribution in [0.15, 0.2) is 30.6 Å². The Morgan fingerprint density at radius 2 is 2.00 bits per heavy atom. The fourth-order valence-corrected chi connectivity index (χ4v) is 2.54. The van der Waals surface area contributed by atoms with E-state index < -0.39 is 0 Å². The molecule has 0 aliphatic carbocycles. The third-order valence-electron chi connectivity index (χ3n) is 3.02. The van der Waals surface area contributed by atoms with Crippen molar-refractivity contribution in [2.45, 2.75) is 32.4 Å². The molecule has 0 fully saturated rings. The van der Waals surface area contributed by atoms with Gasteiger partial charge in [0.1, 0.15) is 0 Å². The van der Waals surface area contributed by atoms with Crippen LogP contribution in [0.1, 0.15) is 30.5 Å². The molecule has 2 rings (SSSR count). The fraction of sp³-hybridized carbons (Fsp3) is 0.357. The lowest BCUT2D eigenvalue weighted by Crippen LogP contribution is -2.13. The van der Waals surface area contributed by atoms with Gasteiger partial charge in [-0.1, -0.05) is 36.2 Å². The van der Waals surface area contributed by atoms with Gasteiger partial charge in [0.05, 0.1) is 6.20 Å².